The first-order valence-electron chi connectivity index (χ1n) is 6.84. The Morgan fingerprint density at radius 3 is 2.56 bits per heavy atom. The Hall–Kier alpha value is -0.220. The molecule has 0 saturated carbocycles. The normalized spacial score (nSPS) is 21.7. The van der Waals surface area contributed by atoms with Gasteiger partial charge in [-0.2, -0.15) is 11.8 Å². The van der Waals surface area contributed by atoms with Crippen LogP contribution in [0, 0.1) is 11.3 Å². The lowest BCUT2D eigenvalue weighted by Gasteiger charge is -2.36. The molecule has 1 unspecified atom stereocenters. The first kappa shape index (κ1) is 15.8. The molecular weight excluding hydrogens is 244 g/mol. The summed E-state index contributed by atoms with van der Waals surface area (Å²) in [4.78, 5) is 12.4. The Balaban J connectivity index is 2.53. The molecule has 0 aliphatic carbocycles. The van der Waals surface area contributed by atoms with E-state index in [1.165, 1.54) is 6.42 Å². The maximum Gasteiger partial charge on any atom is 0.226 e. The van der Waals surface area contributed by atoms with Crippen LogP contribution in [-0.2, 0) is 4.79 Å². The number of amides is 1. The molecule has 1 atom stereocenters. The number of hydrogen-bond acceptors (Lipinski definition) is 3. The van der Waals surface area contributed by atoms with Crippen LogP contribution in [0.1, 0.15) is 40.5 Å². The fourth-order valence-electron chi connectivity index (χ4n) is 2.25. The zero-order chi connectivity index (χ0) is 13.8. The summed E-state index contributed by atoms with van der Waals surface area (Å²) in [5, 5.41) is 6.52. The van der Waals surface area contributed by atoms with Gasteiger partial charge in [0.25, 0.3) is 0 Å². The molecule has 0 bridgehead atoms. The predicted molar refractivity (Wildman–Crippen MR) is 80.0 cm³/mol. The smallest absolute Gasteiger partial charge is 0.226 e. The van der Waals surface area contributed by atoms with Crippen LogP contribution in [0.2, 0.25) is 0 Å². The van der Waals surface area contributed by atoms with Crippen LogP contribution < -0.4 is 10.6 Å². The van der Waals surface area contributed by atoms with Gasteiger partial charge in [-0.25, -0.2) is 0 Å². The van der Waals surface area contributed by atoms with Crippen LogP contribution >= 0.6 is 11.8 Å². The van der Waals surface area contributed by atoms with E-state index in [4.69, 9.17) is 0 Å². The van der Waals surface area contributed by atoms with Gasteiger partial charge >= 0.3 is 0 Å². The quantitative estimate of drug-likeness (QED) is 0.807. The molecule has 1 amide bonds. The lowest BCUT2D eigenvalue weighted by Crippen LogP contribution is -2.49. The van der Waals surface area contributed by atoms with Gasteiger partial charge in [-0.15, -0.1) is 0 Å². The minimum absolute atomic E-state index is 0.108. The molecular formula is C14H28N2OS. The second-order valence-corrected chi connectivity index (χ2v) is 7.92. The number of nitrogens with one attached hydrogen (secondary N) is 2. The highest BCUT2D eigenvalue weighted by molar-refractivity contribution is 7.99. The van der Waals surface area contributed by atoms with Gasteiger partial charge in [0.2, 0.25) is 5.91 Å². The van der Waals surface area contributed by atoms with Crippen molar-refractivity contribution in [3.05, 3.63) is 0 Å². The molecule has 1 aliphatic rings. The van der Waals surface area contributed by atoms with E-state index < -0.39 is 0 Å². The fraction of sp³-hybridized carbons (Fsp3) is 0.929. The van der Waals surface area contributed by atoms with Crippen molar-refractivity contribution < 1.29 is 4.79 Å². The molecule has 2 N–H and O–H groups in total. The standard InChI is InChI=1S/C14H28N2OS/c1-13(2,18-5)10-16-12(17)14(3,4)11-7-6-8-15-9-11/h11,15H,6-10H2,1-5H3,(H,16,17). The first-order valence-corrected chi connectivity index (χ1v) is 8.06. The Labute approximate surface area is 116 Å². The van der Waals surface area contributed by atoms with Crippen LogP contribution in [0.5, 0.6) is 0 Å². The van der Waals surface area contributed by atoms with Gasteiger partial charge in [0, 0.05) is 16.7 Å². The summed E-state index contributed by atoms with van der Waals surface area (Å²) < 4.78 is 0.108. The summed E-state index contributed by atoms with van der Waals surface area (Å²) >= 11 is 1.79. The zero-order valence-electron chi connectivity index (χ0n) is 12.4. The van der Waals surface area contributed by atoms with E-state index in [1.54, 1.807) is 11.8 Å². The Kier molecular flexibility index (Phi) is 5.53. The van der Waals surface area contributed by atoms with Crippen molar-refractivity contribution in [1.29, 1.82) is 0 Å². The van der Waals surface area contributed by atoms with Gasteiger partial charge in [0.05, 0.1) is 0 Å². The monoisotopic (exact) mass is 272 g/mol. The molecule has 1 aliphatic heterocycles. The maximum atomic E-state index is 12.4. The maximum absolute atomic E-state index is 12.4. The molecule has 1 rings (SSSR count). The predicted octanol–water partition coefficient (Wildman–Crippen LogP) is 2.27. The molecule has 0 aromatic carbocycles. The molecule has 3 nitrogen and oxygen atoms in total. The van der Waals surface area contributed by atoms with Crippen molar-refractivity contribution in [3.8, 4) is 0 Å². The lowest BCUT2D eigenvalue weighted by molar-refractivity contribution is -0.132. The van der Waals surface area contributed by atoms with Crippen molar-refractivity contribution >= 4 is 17.7 Å². The van der Waals surface area contributed by atoms with Gasteiger partial charge in [-0.05, 0) is 52.0 Å². The van der Waals surface area contributed by atoms with Crippen LogP contribution in [0.25, 0.3) is 0 Å². The Morgan fingerprint density at radius 2 is 2.06 bits per heavy atom. The third kappa shape index (κ3) is 4.16. The molecule has 1 fully saturated rings. The van der Waals surface area contributed by atoms with Gasteiger partial charge in [0.1, 0.15) is 0 Å². The van der Waals surface area contributed by atoms with Crippen LogP contribution in [0.3, 0.4) is 0 Å². The molecule has 0 spiro atoms. The van der Waals surface area contributed by atoms with E-state index in [9.17, 15) is 4.79 Å². The van der Waals surface area contributed by atoms with Gasteiger partial charge < -0.3 is 10.6 Å². The van der Waals surface area contributed by atoms with Crippen LogP contribution in [-0.4, -0.2) is 36.5 Å². The van der Waals surface area contributed by atoms with E-state index in [2.05, 4.69) is 44.6 Å². The van der Waals surface area contributed by atoms with Crippen molar-refractivity contribution in [2.75, 3.05) is 25.9 Å². The number of hydrogen-bond donors (Lipinski definition) is 2. The van der Waals surface area contributed by atoms with Gasteiger partial charge in [-0.1, -0.05) is 13.8 Å². The summed E-state index contributed by atoms with van der Waals surface area (Å²) in [6.45, 7) is 11.3. The molecule has 18 heavy (non-hydrogen) atoms. The van der Waals surface area contributed by atoms with E-state index in [0.717, 1.165) is 26.1 Å². The molecule has 106 valence electrons. The fourth-order valence-corrected chi connectivity index (χ4v) is 2.46. The molecule has 0 aromatic heterocycles. The average molecular weight is 272 g/mol. The highest BCUT2D eigenvalue weighted by atomic mass is 32.2. The highest BCUT2D eigenvalue weighted by Crippen LogP contribution is 2.32. The number of thioether (sulfide) groups is 1. The number of piperidine rings is 1. The van der Waals surface area contributed by atoms with Gasteiger partial charge in [0.15, 0.2) is 0 Å². The number of carbonyl (C=O) groups is 1. The summed E-state index contributed by atoms with van der Waals surface area (Å²) in [6.07, 6.45) is 4.42. The van der Waals surface area contributed by atoms with Crippen molar-refractivity contribution in [1.82, 2.24) is 10.6 Å². The summed E-state index contributed by atoms with van der Waals surface area (Å²) in [6, 6.07) is 0. The van der Waals surface area contributed by atoms with E-state index in [0.29, 0.717) is 5.92 Å². The average Bonchev–Trinajstić information content (AvgIpc) is 2.37. The summed E-state index contributed by atoms with van der Waals surface area (Å²) in [7, 11) is 0. The lowest BCUT2D eigenvalue weighted by atomic mass is 9.74. The van der Waals surface area contributed by atoms with Crippen LogP contribution in [0.15, 0.2) is 0 Å². The van der Waals surface area contributed by atoms with Gasteiger partial charge in [-0.3, -0.25) is 4.79 Å². The number of carbonyl (C=O) groups excluding carboxylic acids is 1. The second-order valence-electron chi connectivity index (χ2n) is 6.41. The third-order valence-electron chi connectivity index (χ3n) is 4.13. The summed E-state index contributed by atoms with van der Waals surface area (Å²) in [5.74, 6) is 0.641. The molecule has 0 aromatic rings. The third-order valence-corrected chi connectivity index (χ3v) is 5.38. The summed E-state index contributed by atoms with van der Waals surface area (Å²) in [5.41, 5.74) is -0.276. The van der Waals surface area contributed by atoms with Crippen molar-refractivity contribution in [3.63, 3.8) is 0 Å². The van der Waals surface area contributed by atoms with E-state index in [-0.39, 0.29) is 16.1 Å². The van der Waals surface area contributed by atoms with Crippen molar-refractivity contribution in [2.24, 2.45) is 11.3 Å². The largest absolute Gasteiger partial charge is 0.354 e. The molecule has 0 radical (unpaired) electrons. The number of rotatable bonds is 5. The van der Waals surface area contributed by atoms with Crippen LogP contribution in [0.4, 0.5) is 0 Å². The zero-order valence-corrected chi connectivity index (χ0v) is 13.2. The van der Waals surface area contributed by atoms with E-state index >= 15 is 0 Å². The Morgan fingerprint density at radius 1 is 1.39 bits per heavy atom. The highest BCUT2D eigenvalue weighted by Gasteiger charge is 2.37. The second kappa shape index (κ2) is 6.29. The molecule has 1 heterocycles. The first-order chi connectivity index (χ1) is 8.29. The Bertz CT molecular complexity index is 284. The topological polar surface area (TPSA) is 41.1 Å². The minimum atomic E-state index is -0.276. The SMILES string of the molecule is CSC(C)(C)CNC(=O)C(C)(C)C1CCCNC1. The molecule has 1 saturated heterocycles. The minimum Gasteiger partial charge on any atom is -0.354 e. The molecule has 4 heteroatoms. The van der Waals surface area contributed by atoms with Crippen molar-refractivity contribution in [2.45, 2.75) is 45.3 Å². The van der Waals surface area contributed by atoms with E-state index in [1.807, 2.05) is 0 Å².